The van der Waals surface area contributed by atoms with Crippen LogP contribution < -0.4 is 19.5 Å². The second-order valence-electron chi connectivity index (χ2n) is 5.07. The van der Waals surface area contributed by atoms with Crippen LogP contribution in [0.3, 0.4) is 0 Å². The first kappa shape index (κ1) is 20.0. The number of esters is 1. The van der Waals surface area contributed by atoms with E-state index in [1.807, 2.05) is 0 Å². The Kier molecular flexibility index (Phi) is 6.93. The zero-order chi connectivity index (χ0) is 19.8. The number of halogens is 2. The molecule has 0 aliphatic rings. The van der Waals surface area contributed by atoms with Gasteiger partial charge in [-0.3, -0.25) is 4.79 Å². The van der Waals surface area contributed by atoms with Crippen LogP contribution >= 0.6 is 0 Å². The number of anilines is 1. The van der Waals surface area contributed by atoms with E-state index < -0.39 is 25.1 Å². The molecule has 9 heteroatoms. The molecule has 0 aromatic heterocycles. The zero-order valence-corrected chi connectivity index (χ0v) is 14.5. The molecule has 1 N–H and O–H groups in total. The molecule has 144 valence electrons. The van der Waals surface area contributed by atoms with Crippen LogP contribution in [0.15, 0.2) is 42.5 Å². The summed E-state index contributed by atoms with van der Waals surface area (Å²) in [5.41, 5.74) is 0.187. The monoisotopic (exact) mass is 381 g/mol. The van der Waals surface area contributed by atoms with Gasteiger partial charge in [0.2, 0.25) is 0 Å². The van der Waals surface area contributed by atoms with Crippen LogP contribution in [0.4, 0.5) is 14.5 Å². The van der Waals surface area contributed by atoms with Gasteiger partial charge in [-0.25, -0.2) is 4.79 Å². The number of carbonyl (C=O) groups excluding carboxylic acids is 2. The van der Waals surface area contributed by atoms with Crippen molar-refractivity contribution in [1.29, 1.82) is 0 Å². The van der Waals surface area contributed by atoms with E-state index in [0.717, 1.165) is 0 Å². The molecular formula is C18H17F2NO6. The number of nitrogens with one attached hydrogen (secondary N) is 1. The fourth-order valence-corrected chi connectivity index (χ4v) is 2.13. The number of hydrogen-bond donors (Lipinski definition) is 1. The molecule has 0 saturated heterocycles. The number of ether oxygens (including phenoxy) is 4. The lowest BCUT2D eigenvalue weighted by atomic mass is 10.2. The summed E-state index contributed by atoms with van der Waals surface area (Å²) in [6.07, 6.45) is 0. The molecule has 0 bridgehead atoms. The molecule has 0 fully saturated rings. The van der Waals surface area contributed by atoms with E-state index in [1.54, 1.807) is 0 Å². The molecule has 7 nitrogen and oxygen atoms in total. The highest BCUT2D eigenvalue weighted by atomic mass is 19.3. The normalized spacial score (nSPS) is 10.3. The molecule has 27 heavy (non-hydrogen) atoms. The molecule has 0 heterocycles. The third kappa shape index (κ3) is 5.56. The van der Waals surface area contributed by atoms with Crippen molar-refractivity contribution >= 4 is 17.6 Å². The number of carbonyl (C=O) groups is 2. The first-order valence-corrected chi connectivity index (χ1v) is 7.67. The minimum atomic E-state index is -3.04. The number of amides is 1. The number of hydrogen-bond acceptors (Lipinski definition) is 6. The van der Waals surface area contributed by atoms with E-state index >= 15 is 0 Å². The number of rotatable bonds is 8. The molecule has 2 aromatic rings. The second-order valence-corrected chi connectivity index (χ2v) is 5.07. The van der Waals surface area contributed by atoms with Crippen LogP contribution in [0.1, 0.15) is 10.4 Å². The standard InChI is InChI=1S/C18H17F2NO6/c1-24-14-8-7-11(9-15(14)25-2)17(23)26-10-16(22)21-12-5-3-4-6-13(12)27-18(19)20/h3-9,18H,10H2,1-2H3,(H,21,22). The second kappa shape index (κ2) is 9.37. The molecule has 2 aromatic carbocycles. The molecule has 0 spiro atoms. The van der Waals surface area contributed by atoms with Crippen molar-refractivity contribution in [2.75, 3.05) is 26.1 Å². The highest BCUT2D eigenvalue weighted by molar-refractivity contribution is 5.96. The number of para-hydroxylation sites is 2. The average molecular weight is 381 g/mol. The number of methoxy groups -OCH3 is 2. The van der Waals surface area contributed by atoms with Crippen LogP contribution in [0, 0.1) is 0 Å². The Hall–Kier alpha value is -3.36. The van der Waals surface area contributed by atoms with Crippen LogP contribution in [0.25, 0.3) is 0 Å². The minimum Gasteiger partial charge on any atom is -0.493 e. The van der Waals surface area contributed by atoms with Crippen molar-refractivity contribution in [2.45, 2.75) is 6.61 Å². The van der Waals surface area contributed by atoms with Crippen molar-refractivity contribution in [3.8, 4) is 17.2 Å². The maximum atomic E-state index is 12.4. The molecule has 2 rings (SSSR count). The minimum absolute atomic E-state index is 0.0324. The van der Waals surface area contributed by atoms with Gasteiger partial charge in [-0.05, 0) is 30.3 Å². The van der Waals surface area contributed by atoms with Gasteiger partial charge >= 0.3 is 12.6 Å². The van der Waals surface area contributed by atoms with E-state index in [9.17, 15) is 18.4 Å². The van der Waals surface area contributed by atoms with Gasteiger partial charge in [0.1, 0.15) is 5.75 Å². The van der Waals surface area contributed by atoms with Gasteiger partial charge in [-0.15, -0.1) is 0 Å². The molecule has 1 amide bonds. The highest BCUT2D eigenvalue weighted by Gasteiger charge is 2.15. The largest absolute Gasteiger partial charge is 0.493 e. The first-order chi connectivity index (χ1) is 12.9. The molecule has 0 radical (unpaired) electrons. The van der Waals surface area contributed by atoms with Gasteiger partial charge in [0, 0.05) is 0 Å². The van der Waals surface area contributed by atoms with Crippen LogP contribution in [0.5, 0.6) is 17.2 Å². The van der Waals surface area contributed by atoms with Gasteiger partial charge in [-0.1, -0.05) is 12.1 Å². The number of benzene rings is 2. The summed E-state index contributed by atoms with van der Waals surface area (Å²) in [6.45, 7) is -3.65. The third-order valence-electron chi connectivity index (χ3n) is 3.33. The highest BCUT2D eigenvalue weighted by Crippen LogP contribution is 2.28. The first-order valence-electron chi connectivity index (χ1n) is 7.67. The summed E-state index contributed by atoms with van der Waals surface area (Å²) in [5.74, 6) is -0.915. The maximum absolute atomic E-state index is 12.4. The lowest BCUT2D eigenvalue weighted by Gasteiger charge is -2.12. The SMILES string of the molecule is COc1ccc(C(=O)OCC(=O)Nc2ccccc2OC(F)F)cc1OC. The van der Waals surface area contributed by atoms with Gasteiger partial charge in [0.25, 0.3) is 5.91 Å². The summed E-state index contributed by atoms with van der Waals surface area (Å²) in [6, 6.07) is 10.0. The van der Waals surface area contributed by atoms with Gasteiger partial charge in [0.05, 0.1) is 25.5 Å². The Morgan fingerprint density at radius 1 is 1.00 bits per heavy atom. The maximum Gasteiger partial charge on any atom is 0.387 e. The van der Waals surface area contributed by atoms with Crippen LogP contribution in [0.2, 0.25) is 0 Å². The molecule has 0 saturated carbocycles. The third-order valence-corrected chi connectivity index (χ3v) is 3.33. The Balaban J connectivity index is 1.97. The molecule has 0 atom stereocenters. The smallest absolute Gasteiger partial charge is 0.387 e. The van der Waals surface area contributed by atoms with Crippen molar-refractivity contribution in [1.82, 2.24) is 0 Å². The lowest BCUT2D eigenvalue weighted by Crippen LogP contribution is -2.21. The predicted molar refractivity (Wildman–Crippen MR) is 91.5 cm³/mol. The molecule has 0 unspecified atom stereocenters. The van der Waals surface area contributed by atoms with Crippen molar-refractivity contribution in [2.24, 2.45) is 0 Å². The Bertz CT molecular complexity index is 812. The van der Waals surface area contributed by atoms with Gasteiger partial charge in [0.15, 0.2) is 18.1 Å². The van der Waals surface area contributed by atoms with Crippen molar-refractivity contribution in [3.63, 3.8) is 0 Å². The van der Waals surface area contributed by atoms with E-state index in [-0.39, 0.29) is 17.0 Å². The predicted octanol–water partition coefficient (Wildman–Crippen LogP) is 3.10. The van der Waals surface area contributed by atoms with E-state index in [2.05, 4.69) is 10.1 Å². The summed E-state index contributed by atoms with van der Waals surface area (Å²) >= 11 is 0. The molecular weight excluding hydrogens is 364 g/mol. The Morgan fingerprint density at radius 3 is 2.37 bits per heavy atom. The van der Waals surface area contributed by atoms with E-state index in [1.165, 1.54) is 56.7 Å². The zero-order valence-electron chi connectivity index (χ0n) is 14.5. The van der Waals surface area contributed by atoms with Crippen molar-refractivity contribution in [3.05, 3.63) is 48.0 Å². The number of alkyl halides is 2. The van der Waals surface area contributed by atoms with E-state index in [0.29, 0.717) is 11.5 Å². The Morgan fingerprint density at radius 2 is 1.70 bits per heavy atom. The topological polar surface area (TPSA) is 83.1 Å². The van der Waals surface area contributed by atoms with Crippen molar-refractivity contribution < 1.29 is 37.3 Å². The summed E-state index contributed by atoms with van der Waals surface area (Å²) < 4.78 is 44.1. The lowest BCUT2D eigenvalue weighted by molar-refractivity contribution is -0.119. The van der Waals surface area contributed by atoms with Gasteiger partial charge < -0.3 is 24.3 Å². The van der Waals surface area contributed by atoms with Gasteiger partial charge in [-0.2, -0.15) is 8.78 Å². The van der Waals surface area contributed by atoms with Crippen LogP contribution in [-0.2, 0) is 9.53 Å². The summed E-state index contributed by atoms with van der Waals surface area (Å²) in [7, 11) is 2.87. The van der Waals surface area contributed by atoms with Crippen LogP contribution in [-0.4, -0.2) is 39.3 Å². The van der Waals surface area contributed by atoms with E-state index in [4.69, 9.17) is 14.2 Å². The average Bonchev–Trinajstić information content (AvgIpc) is 2.66. The molecule has 0 aliphatic carbocycles. The Labute approximate surface area is 153 Å². The quantitative estimate of drug-likeness (QED) is 0.708. The molecule has 0 aliphatic heterocycles. The fourth-order valence-electron chi connectivity index (χ4n) is 2.13. The summed E-state index contributed by atoms with van der Waals surface area (Å²) in [5, 5.41) is 2.34. The summed E-state index contributed by atoms with van der Waals surface area (Å²) in [4.78, 5) is 24.0. The fraction of sp³-hybridized carbons (Fsp3) is 0.222.